The van der Waals surface area contributed by atoms with Crippen LogP contribution in [0.15, 0.2) is 188 Å². The summed E-state index contributed by atoms with van der Waals surface area (Å²) in [5.74, 6) is 0.891. The van der Waals surface area contributed by atoms with E-state index in [9.17, 15) is 0 Å². The number of hydrogen-bond acceptors (Lipinski definition) is 1. The van der Waals surface area contributed by atoms with Crippen LogP contribution < -0.4 is 0 Å². The molecule has 3 nitrogen and oxygen atoms in total. The molecule has 0 aliphatic rings. The quantitative estimate of drug-likeness (QED) is 0.184. The van der Waals surface area contributed by atoms with Crippen molar-refractivity contribution < 1.29 is 0 Å². The standard InChI is InChI=1S/C47H31N3/c1-4-15-32(16-5-1)34-29-35(33-17-6-2-7-18-33)31-36(30-34)41-23-14-26-45(48-41)50-43-25-13-11-22-40(43)46-44(50)28-27-39-38-21-10-12-24-42(38)49(47(39)46)37-19-8-3-9-20-37/h1-31H. The van der Waals surface area contributed by atoms with Gasteiger partial charge in [-0.3, -0.25) is 4.57 Å². The molecule has 0 aliphatic carbocycles. The Labute approximate surface area is 290 Å². The predicted octanol–water partition coefficient (Wildman–Crippen LogP) is 12.3. The molecule has 0 N–H and O–H groups in total. The first-order valence-electron chi connectivity index (χ1n) is 17.1. The smallest absolute Gasteiger partial charge is 0.138 e. The summed E-state index contributed by atoms with van der Waals surface area (Å²) in [6, 6.07) is 67.1. The van der Waals surface area contributed by atoms with Crippen LogP contribution in [0.2, 0.25) is 0 Å². The Bertz CT molecular complexity index is 2790. The van der Waals surface area contributed by atoms with E-state index in [0.717, 1.165) is 33.8 Å². The molecule has 0 unspecified atom stereocenters. The first-order valence-corrected chi connectivity index (χ1v) is 17.1. The van der Waals surface area contributed by atoms with Crippen molar-refractivity contribution in [3.05, 3.63) is 188 Å². The number of fused-ring (bicyclic) bond motifs is 7. The van der Waals surface area contributed by atoms with E-state index < -0.39 is 0 Å². The van der Waals surface area contributed by atoms with Gasteiger partial charge in [0.1, 0.15) is 5.82 Å². The molecular formula is C47H31N3. The van der Waals surface area contributed by atoms with Gasteiger partial charge in [0.25, 0.3) is 0 Å². The van der Waals surface area contributed by atoms with Crippen LogP contribution in [-0.4, -0.2) is 14.1 Å². The van der Waals surface area contributed by atoms with Crippen molar-refractivity contribution >= 4 is 43.6 Å². The zero-order valence-electron chi connectivity index (χ0n) is 27.2. The maximum Gasteiger partial charge on any atom is 0.138 e. The van der Waals surface area contributed by atoms with Gasteiger partial charge in [0.05, 0.1) is 27.8 Å². The van der Waals surface area contributed by atoms with Crippen molar-refractivity contribution in [2.24, 2.45) is 0 Å². The van der Waals surface area contributed by atoms with Crippen LogP contribution in [0.3, 0.4) is 0 Å². The fourth-order valence-electron chi connectivity index (χ4n) is 7.68. The molecule has 3 aromatic heterocycles. The molecule has 0 spiro atoms. The summed E-state index contributed by atoms with van der Waals surface area (Å²) in [7, 11) is 0. The van der Waals surface area contributed by atoms with Crippen molar-refractivity contribution in [3.63, 3.8) is 0 Å². The first kappa shape index (κ1) is 28.3. The minimum absolute atomic E-state index is 0.891. The summed E-state index contributed by atoms with van der Waals surface area (Å²) in [5.41, 5.74) is 12.5. The molecule has 50 heavy (non-hydrogen) atoms. The molecule has 0 radical (unpaired) electrons. The lowest BCUT2D eigenvalue weighted by Crippen LogP contribution is -1.99. The molecule has 3 heterocycles. The van der Waals surface area contributed by atoms with Gasteiger partial charge in [-0.15, -0.1) is 0 Å². The summed E-state index contributed by atoms with van der Waals surface area (Å²) >= 11 is 0. The molecule has 7 aromatic carbocycles. The normalized spacial score (nSPS) is 11.6. The second-order valence-corrected chi connectivity index (χ2v) is 12.8. The zero-order valence-corrected chi connectivity index (χ0v) is 27.2. The Balaban J connectivity index is 1.23. The Morgan fingerprint density at radius 2 is 0.900 bits per heavy atom. The van der Waals surface area contributed by atoms with Gasteiger partial charge in [-0.2, -0.15) is 0 Å². The maximum absolute atomic E-state index is 5.41. The molecule has 0 fully saturated rings. The third-order valence-electron chi connectivity index (χ3n) is 9.89. The zero-order chi connectivity index (χ0) is 33.0. The average Bonchev–Trinajstić information content (AvgIpc) is 3.72. The lowest BCUT2D eigenvalue weighted by Gasteiger charge is -2.13. The van der Waals surface area contributed by atoms with Crippen molar-refractivity contribution in [1.82, 2.24) is 14.1 Å². The highest BCUT2D eigenvalue weighted by Gasteiger charge is 2.21. The fraction of sp³-hybridized carbons (Fsp3) is 0. The van der Waals surface area contributed by atoms with Crippen LogP contribution in [0.5, 0.6) is 0 Å². The maximum atomic E-state index is 5.41. The molecular weight excluding hydrogens is 607 g/mol. The second-order valence-electron chi connectivity index (χ2n) is 12.8. The Hall–Kier alpha value is -6.71. The van der Waals surface area contributed by atoms with Gasteiger partial charge in [0, 0.05) is 32.8 Å². The van der Waals surface area contributed by atoms with E-state index in [0.29, 0.717) is 0 Å². The molecule has 3 heteroatoms. The van der Waals surface area contributed by atoms with E-state index in [1.54, 1.807) is 0 Å². The van der Waals surface area contributed by atoms with E-state index in [4.69, 9.17) is 4.98 Å². The van der Waals surface area contributed by atoms with Crippen LogP contribution in [-0.2, 0) is 0 Å². The topological polar surface area (TPSA) is 22.8 Å². The highest BCUT2D eigenvalue weighted by atomic mass is 15.1. The summed E-state index contributed by atoms with van der Waals surface area (Å²) in [5, 5.41) is 4.92. The van der Waals surface area contributed by atoms with Crippen molar-refractivity contribution in [2.45, 2.75) is 0 Å². The molecule has 0 bridgehead atoms. The van der Waals surface area contributed by atoms with Gasteiger partial charge >= 0.3 is 0 Å². The van der Waals surface area contributed by atoms with Gasteiger partial charge in [-0.1, -0.05) is 127 Å². The number of pyridine rings is 1. The lowest BCUT2D eigenvalue weighted by molar-refractivity contribution is 1.08. The summed E-state index contributed by atoms with van der Waals surface area (Å²) < 4.78 is 4.76. The van der Waals surface area contributed by atoms with Crippen molar-refractivity contribution in [1.29, 1.82) is 0 Å². The molecule has 10 rings (SSSR count). The number of rotatable bonds is 5. The van der Waals surface area contributed by atoms with Gasteiger partial charge < -0.3 is 4.57 Å². The lowest BCUT2D eigenvalue weighted by atomic mass is 9.95. The van der Waals surface area contributed by atoms with E-state index >= 15 is 0 Å². The average molecular weight is 638 g/mol. The number of aromatic nitrogens is 3. The minimum atomic E-state index is 0.891. The van der Waals surface area contributed by atoms with Crippen LogP contribution >= 0.6 is 0 Å². The summed E-state index contributed by atoms with van der Waals surface area (Å²) in [6.45, 7) is 0. The van der Waals surface area contributed by atoms with Gasteiger partial charge in [0.2, 0.25) is 0 Å². The largest absolute Gasteiger partial charge is 0.309 e. The second kappa shape index (κ2) is 11.5. The van der Waals surface area contributed by atoms with E-state index in [2.05, 4.69) is 197 Å². The van der Waals surface area contributed by atoms with Crippen LogP contribution in [0.4, 0.5) is 0 Å². The highest BCUT2D eigenvalue weighted by molar-refractivity contribution is 6.26. The number of nitrogens with zero attached hydrogens (tertiary/aromatic N) is 3. The summed E-state index contributed by atoms with van der Waals surface area (Å²) in [6.07, 6.45) is 0. The van der Waals surface area contributed by atoms with E-state index in [1.807, 2.05) is 0 Å². The first-order chi connectivity index (χ1) is 24.8. The Morgan fingerprint density at radius 1 is 0.340 bits per heavy atom. The number of hydrogen-bond donors (Lipinski definition) is 0. The molecule has 0 saturated heterocycles. The molecule has 0 saturated carbocycles. The van der Waals surface area contributed by atoms with Gasteiger partial charge in [0.15, 0.2) is 0 Å². The number of benzene rings is 7. The third kappa shape index (κ3) is 4.48. The Morgan fingerprint density at radius 3 is 1.58 bits per heavy atom. The highest BCUT2D eigenvalue weighted by Crippen LogP contribution is 2.42. The minimum Gasteiger partial charge on any atom is -0.309 e. The van der Waals surface area contributed by atoms with Crippen molar-refractivity contribution in [3.8, 4) is 45.0 Å². The Kier molecular flexibility index (Phi) is 6.49. The fourth-order valence-corrected chi connectivity index (χ4v) is 7.68. The van der Waals surface area contributed by atoms with Crippen LogP contribution in [0.1, 0.15) is 0 Å². The molecule has 0 aliphatic heterocycles. The van der Waals surface area contributed by atoms with E-state index in [-0.39, 0.29) is 0 Å². The SMILES string of the molecule is c1ccc(-c2cc(-c3ccccc3)cc(-c3cccc(-n4c5ccccc5c5c4ccc4c6ccccc6n(-c6ccccc6)c45)n3)c2)cc1. The number of para-hydroxylation sites is 3. The monoisotopic (exact) mass is 637 g/mol. The molecule has 234 valence electrons. The van der Waals surface area contributed by atoms with E-state index in [1.165, 1.54) is 54.8 Å². The van der Waals surface area contributed by atoms with Crippen LogP contribution in [0.25, 0.3) is 88.6 Å². The third-order valence-corrected chi connectivity index (χ3v) is 9.89. The molecule has 10 aromatic rings. The predicted molar refractivity (Wildman–Crippen MR) is 209 cm³/mol. The van der Waals surface area contributed by atoms with Crippen molar-refractivity contribution in [2.75, 3.05) is 0 Å². The summed E-state index contributed by atoms with van der Waals surface area (Å²) in [4.78, 5) is 5.41. The van der Waals surface area contributed by atoms with Crippen LogP contribution in [0, 0.1) is 0 Å². The molecule has 0 amide bonds. The van der Waals surface area contributed by atoms with Gasteiger partial charge in [-0.05, 0) is 82.9 Å². The van der Waals surface area contributed by atoms with Gasteiger partial charge in [-0.25, -0.2) is 4.98 Å². The molecule has 0 atom stereocenters.